The Kier molecular flexibility index (Phi) is 3.00. The number of nitrogens with zero attached hydrogens (tertiary/aromatic N) is 1. The molecular weight excluding hydrogens is 129 g/mol. The van der Waals surface area contributed by atoms with Crippen molar-refractivity contribution in [1.82, 2.24) is 4.98 Å². The molecule has 0 fully saturated rings. The summed E-state index contributed by atoms with van der Waals surface area (Å²) in [5.41, 5.74) is 3.76. The molecule has 0 amide bonds. The minimum Gasteiger partial charge on any atom is -0.269 e. The first kappa shape index (κ1) is 9.08. The first-order chi connectivity index (χ1) is 4.22. The Bertz CT molecular complexity index is 200. The number of hydrogen-bond donors (Lipinski definition) is 0. The third-order valence-corrected chi connectivity index (χ3v) is 1.73. The van der Waals surface area contributed by atoms with E-state index in [2.05, 4.69) is 18.8 Å². The third kappa shape index (κ3) is 1.53. The Morgan fingerprint density at radius 3 is 2.20 bits per heavy atom. The van der Waals surface area contributed by atoms with Crippen LogP contribution >= 0.6 is 0 Å². The van der Waals surface area contributed by atoms with E-state index in [1.54, 1.807) is 0 Å². The highest BCUT2D eigenvalue weighted by Gasteiger charge is 1.93. The maximum atomic E-state index is 4.14. The third-order valence-electron chi connectivity index (χ3n) is 1.73. The van der Waals surface area contributed by atoms with Crippen LogP contribution in [0.4, 0.5) is 4.70 Å². The second-order valence-corrected chi connectivity index (χ2v) is 2.34. The van der Waals surface area contributed by atoms with E-state index < -0.39 is 0 Å². The van der Waals surface area contributed by atoms with Gasteiger partial charge in [0.25, 0.3) is 0 Å². The topological polar surface area (TPSA) is 12.9 Å². The molecule has 56 valence electrons. The van der Waals surface area contributed by atoms with Crippen LogP contribution < -0.4 is 0 Å². The lowest BCUT2D eigenvalue weighted by atomic mass is 10.1. The lowest BCUT2D eigenvalue weighted by Gasteiger charge is -1.99. The van der Waals surface area contributed by atoms with Gasteiger partial charge in [0.15, 0.2) is 0 Å². The first-order valence-corrected chi connectivity index (χ1v) is 3.10. The molecule has 1 rings (SSSR count). The minimum atomic E-state index is 0. The Hall–Kier alpha value is -0.920. The summed E-state index contributed by atoms with van der Waals surface area (Å²) in [4.78, 5) is 4.14. The predicted molar refractivity (Wildman–Crippen MR) is 41.0 cm³/mol. The summed E-state index contributed by atoms with van der Waals surface area (Å²) in [5, 5.41) is 0. The van der Waals surface area contributed by atoms with E-state index in [-0.39, 0.29) is 4.70 Å². The SMILES string of the molecule is Cc1ccnc(C)c1C.F. The molecule has 0 unspecified atom stereocenters. The predicted octanol–water partition coefficient (Wildman–Crippen LogP) is 2.16. The zero-order valence-corrected chi connectivity index (χ0v) is 6.51. The Morgan fingerprint density at radius 2 is 1.80 bits per heavy atom. The maximum absolute atomic E-state index is 4.14. The molecule has 0 radical (unpaired) electrons. The van der Waals surface area contributed by atoms with Gasteiger partial charge in [-0.15, -0.1) is 0 Å². The fraction of sp³-hybridized carbons (Fsp3) is 0.375. The molecule has 2 heteroatoms. The van der Waals surface area contributed by atoms with Crippen LogP contribution in [-0.2, 0) is 0 Å². The smallest absolute Gasteiger partial charge is 0.0404 e. The van der Waals surface area contributed by atoms with Crippen molar-refractivity contribution in [3.05, 3.63) is 29.1 Å². The van der Waals surface area contributed by atoms with Crippen molar-refractivity contribution in [1.29, 1.82) is 0 Å². The van der Waals surface area contributed by atoms with Crippen molar-refractivity contribution in [2.75, 3.05) is 0 Å². The highest BCUT2D eigenvalue weighted by molar-refractivity contribution is 5.25. The van der Waals surface area contributed by atoms with Crippen molar-refractivity contribution in [3.63, 3.8) is 0 Å². The molecule has 10 heavy (non-hydrogen) atoms. The van der Waals surface area contributed by atoms with Gasteiger partial charge in [0.1, 0.15) is 0 Å². The molecular formula is C8H12FN. The van der Waals surface area contributed by atoms with E-state index >= 15 is 0 Å². The van der Waals surface area contributed by atoms with Gasteiger partial charge in [-0.3, -0.25) is 9.69 Å². The van der Waals surface area contributed by atoms with Gasteiger partial charge in [-0.1, -0.05) is 0 Å². The average Bonchev–Trinajstić information content (AvgIpc) is 1.83. The maximum Gasteiger partial charge on any atom is 0.0404 e. The first-order valence-electron chi connectivity index (χ1n) is 3.10. The summed E-state index contributed by atoms with van der Waals surface area (Å²) >= 11 is 0. The van der Waals surface area contributed by atoms with Crippen LogP contribution in [0.1, 0.15) is 16.8 Å². The Morgan fingerprint density at radius 1 is 1.20 bits per heavy atom. The van der Waals surface area contributed by atoms with Gasteiger partial charge in [-0.05, 0) is 38.0 Å². The van der Waals surface area contributed by atoms with Crippen molar-refractivity contribution < 1.29 is 4.70 Å². The van der Waals surface area contributed by atoms with Crippen LogP contribution in [0, 0.1) is 20.8 Å². The summed E-state index contributed by atoms with van der Waals surface area (Å²) in [5.74, 6) is 0. The van der Waals surface area contributed by atoms with Gasteiger partial charge in [-0.2, -0.15) is 0 Å². The summed E-state index contributed by atoms with van der Waals surface area (Å²) in [6, 6.07) is 2.03. The van der Waals surface area contributed by atoms with Gasteiger partial charge in [0, 0.05) is 11.9 Å². The van der Waals surface area contributed by atoms with E-state index in [9.17, 15) is 0 Å². The zero-order chi connectivity index (χ0) is 6.85. The molecule has 0 aliphatic heterocycles. The lowest BCUT2D eigenvalue weighted by molar-refractivity contribution is 1.11. The molecule has 0 saturated heterocycles. The van der Waals surface area contributed by atoms with Crippen molar-refractivity contribution >= 4 is 0 Å². The van der Waals surface area contributed by atoms with Gasteiger partial charge in [-0.25, -0.2) is 0 Å². The van der Waals surface area contributed by atoms with E-state index in [1.807, 2.05) is 19.2 Å². The van der Waals surface area contributed by atoms with Crippen molar-refractivity contribution in [3.8, 4) is 0 Å². The molecule has 0 spiro atoms. The average molecular weight is 141 g/mol. The van der Waals surface area contributed by atoms with Crippen LogP contribution in [0.3, 0.4) is 0 Å². The largest absolute Gasteiger partial charge is 0.269 e. The van der Waals surface area contributed by atoms with Crippen LogP contribution in [0.25, 0.3) is 0 Å². The number of pyridine rings is 1. The molecule has 0 saturated carbocycles. The molecule has 0 bridgehead atoms. The van der Waals surface area contributed by atoms with Crippen LogP contribution in [0.15, 0.2) is 12.3 Å². The Balaban J connectivity index is 0.000000810. The zero-order valence-electron chi connectivity index (χ0n) is 6.51. The summed E-state index contributed by atoms with van der Waals surface area (Å²) in [7, 11) is 0. The standard InChI is InChI=1S/C8H11N.FH/c1-6-4-5-9-8(3)7(6)2;/h4-5H,1-3H3;1H. The second kappa shape index (κ2) is 3.30. The number of halogens is 1. The second-order valence-electron chi connectivity index (χ2n) is 2.34. The molecule has 1 heterocycles. The van der Waals surface area contributed by atoms with Gasteiger partial charge < -0.3 is 0 Å². The summed E-state index contributed by atoms with van der Waals surface area (Å²) in [6.45, 7) is 6.23. The molecule has 1 aromatic heterocycles. The normalized spacial score (nSPS) is 8.70. The highest BCUT2D eigenvalue weighted by Crippen LogP contribution is 2.06. The molecule has 0 atom stereocenters. The minimum absolute atomic E-state index is 0. The molecule has 0 aliphatic carbocycles. The summed E-state index contributed by atoms with van der Waals surface area (Å²) < 4.78 is 0. The summed E-state index contributed by atoms with van der Waals surface area (Å²) in [6.07, 6.45) is 1.84. The molecule has 0 aliphatic rings. The number of hydrogen-bond acceptors (Lipinski definition) is 1. The van der Waals surface area contributed by atoms with E-state index in [0.29, 0.717) is 0 Å². The Labute approximate surface area is 60.5 Å². The van der Waals surface area contributed by atoms with Crippen molar-refractivity contribution in [2.45, 2.75) is 20.8 Å². The number of aryl methyl sites for hydroxylation is 2. The fourth-order valence-electron chi connectivity index (χ4n) is 0.768. The van der Waals surface area contributed by atoms with Crippen LogP contribution in [0.2, 0.25) is 0 Å². The molecule has 0 aromatic carbocycles. The monoisotopic (exact) mass is 141 g/mol. The van der Waals surface area contributed by atoms with Gasteiger partial charge in [0.2, 0.25) is 0 Å². The van der Waals surface area contributed by atoms with E-state index in [1.165, 1.54) is 11.1 Å². The van der Waals surface area contributed by atoms with Gasteiger partial charge >= 0.3 is 0 Å². The highest BCUT2D eigenvalue weighted by atomic mass is 19.0. The van der Waals surface area contributed by atoms with E-state index in [4.69, 9.17) is 0 Å². The van der Waals surface area contributed by atoms with Crippen molar-refractivity contribution in [2.24, 2.45) is 0 Å². The van der Waals surface area contributed by atoms with E-state index in [0.717, 1.165) is 5.69 Å². The quantitative estimate of drug-likeness (QED) is 0.539. The lowest BCUT2D eigenvalue weighted by Crippen LogP contribution is -1.87. The molecule has 1 aromatic rings. The van der Waals surface area contributed by atoms with Gasteiger partial charge in [0.05, 0.1) is 0 Å². The van der Waals surface area contributed by atoms with Crippen LogP contribution in [0.5, 0.6) is 0 Å². The van der Waals surface area contributed by atoms with Crippen LogP contribution in [-0.4, -0.2) is 4.98 Å². The molecule has 0 N–H and O–H groups in total. The molecule has 1 nitrogen and oxygen atoms in total. The fourth-order valence-corrected chi connectivity index (χ4v) is 0.768. The number of rotatable bonds is 0. The number of aromatic nitrogens is 1.